The molecule has 2 heterocycles. The molecule has 0 unspecified atom stereocenters. The van der Waals surface area contributed by atoms with Crippen molar-refractivity contribution in [3.05, 3.63) is 84.4 Å². The highest BCUT2D eigenvalue weighted by molar-refractivity contribution is 5.41. The van der Waals surface area contributed by atoms with E-state index in [1.807, 2.05) is 83.8 Å². The fourth-order valence-corrected chi connectivity index (χ4v) is 4.26. The Morgan fingerprint density at radius 2 is 1.09 bits per heavy atom. The molecule has 0 bridgehead atoms. The molecule has 7 nitrogen and oxygen atoms in total. The van der Waals surface area contributed by atoms with E-state index < -0.39 is 24.4 Å². The number of aliphatic hydroxyl groups excluding tert-OH is 2. The summed E-state index contributed by atoms with van der Waals surface area (Å²) in [5.74, 6) is 2.60. The van der Waals surface area contributed by atoms with Crippen LogP contribution in [0.15, 0.2) is 78.9 Å². The standard InChI is InChI=1S/C27H29NO6/c29-20(26-17-31-22-10-4-6-12-24(22)33-26)15-28(14-19-8-2-1-3-9-19)16-21(30)27-18-32-23-11-5-7-13-25(23)34-27/h1-13,20-21,26-27,29-30H,14-18H2/t20-,21+,26+,27-. The Labute approximate surface area is 199 Å². The lowest BCUT2D eigenvalue weighted by Gasteiger charge is -2.35. The normalized spacial score (nSPS) is 20.6. The molecule has 0 spiro atoms. The van der Waals surface area contributed by atoms with Crippen molar-refractivity contribution in [2.45, 2.75) is 31.0 Å². The molecule has 7 heteroatoms. The van der Waals surface area contributed by atoms with Gasteiger partial charge in [0.15, 0.2) is 35.2 Å². The van der Waals surface area contributed by atoms with Gasteiger partial charge in [0.2, 0.25) is 0 Å². The first-order chi connectivity index (χ1) is 16.7. The van der Waals surface area contributed by atoms with Crippen LogP contribution in [-0.2, 0) is 6.54 Å². The Kier molecular flexibility index (Phi) is 6.85. The summed E-state index contributed by atoms with van der Waals surface area (Å²) in [4.78, 5) is 2.01. The van der Waals surface area contributed by atoms with Gasteiger partial charge in [0.05, 0.1) is 0 Å². The minimum absolute atomic E-state index is 0.260. The van der Waals surface area contributed by atoms with E-state index in [0.717, 1.165) is 5.56 Å². The van der Waals surface area contributed by atoms with Gasteiger partial charge in [-0.05, 0) is 29.8 Å². The summed E-state index contributed by atoms with van der Waals surface area (Å²) >= 11 is 0. The summed E-state index contributed by atoms with van der Waals surface area (Å²) in [6, 6.07) is 24.9. The molecule has 0 saturated heterocycles. The molecule has 4 atom stereocenters. The molecule has 0 amide bonds. The lowest BCUT2D eigenvalue weighted by atomic mass is 10.1. The van der Waals surface area contributed by atoms with E-state index >= 15 is 0 Å². The zero-order chi connectivity index (χ0) is 23.3. The summed E-state index contributed by atoms with van der Waals surface area (Å²) in [5, 5.41) is 22.0. The van der Waals surface area contributed by atoms with E-state index in [0.29, 0.717) is 42.6 Å². The maximum Gasteiger partial charge on any atom is 0.161 e. The van der Waals surface area contributed by atoms with E-state index in [9.17, 15) is 10.2 Å². The van der Waals surface area contributed by atoms with E-state index in [2.05, 4.69) is 0 Å². The number of para-hydroxylation sites is 4. The molecule has 2 aliphatic heterocycles. The highest BCUT2D eigenvalue weighted by atomic mass is 16.6. The second kappa shape index (κ2) is 10.3. The fraction of sp³-hybridized carbons (Fsp3) is 0.333. The van der Waals surface area contributed by atoms with E-state index in [-0.39, 0.29) is 13.2 Å². The predicted octanol–water partition coefficient (Wildman–Crippen LogP) is 2.89. The van der Waals surface area contributed by atoms with Crippen LogP contribution < -0.4 is 18.9 Å². The van der Waals surface area contributed by atoms with Crippen LogP contribution in [0.5, 0.6) is 23.0 Å². The van der Waals surface area contributed by atoms with Crippen LogP contribution in [0, 0.1) is 0 Å². The number of ether oxygens (including phenoxy) is 4. The van der Waals surface area contributed by atoms with Crippen LogP contribution in [0.3, 0.4) is 0 Å². The Morgan fingerprint density at radius 1 is 0.647 bits per heavy atom. The quantitative estimate of drug-likeness (QED) is 0.532. The lowest BCUT2D eigenvalue weighted by molar-refractivity contribution is -0.0508. The molecular weight excluding hydrogens is 434 g/mol. The van der Waals surface area contributed by atoms with Crippen molar-refractivity contribution in [1.82, 2.24) is 4.90 Å². The molecular formula is C27H29NO6. The van der Waals surface area contributed by atoms with Crippen molar-refractivity contribution in [3.8, 4) is 23.0 Å². The molecule has 0 saturated carbocycles. The summed E-state index contributed by atoms with van der Waals surface area (Å²) < 4.78 is 23.5. The third-order valence-electron chi connectivity index (χ3n) is 6.06. The minimum Gasteiger partial charge on any atom is -0.486 e. The average Bonchev–Trinajstić information content (AvgIpc) is 2.88. The van der Waals surface area contributed by atoms with E-state index in [4.69, 9.17) is 18.9 Å². The van der Waals surface area contributed by atoms with Crippen LogP contribution in [-0.4, -0.2) is 65.8 Å². The van der Waals surface area contributed by atoms with Gasteiger partial charge in [0, 0.05) is 19.6 Å². The Hall–Kier alpha value is -3.26. The van der Waals surface area contributed by atoms with Crippen molar-refractivity contribution in [3.63, 3.8) is 0 Å². The van der Waals surface area contributed by atoms with Crippen molar-refractivity contribution in [1.29, 1.82) is 0 Å². The number of aliphatic hydroxyl groups is 2. The Morgan fingerprint density at radius 3 is 1.59 bits per heavy atom. The van der Waals surface area contributed by atoms with Gasteiger partial charge in [-0.15, -0.1) is 0 Å². The maximum absolute atomic E-state index is 11.0. The van der Waals surface area contributed by atoms with Crippen LogP contribution in [0.25, 0.3) is 0 Å². The molecule has 0 aliphatic carbocycles. The predicted molar refractivity (Wildman–Crippen MR) is 126 cm³/mol. The number of benzene rings is 3. The van der Waals surface area contributed by atoms with Crippen molar-refractivity contribution in [2.75, 3.05) is 26.3 Å². The Balaban J connectivity index is 1.26. The molecule has 34 heavy (non-hydrogen) atoms. The summed E-state index contributed by atoms with van der Waals surface area (Å²) in [6.07, 6.45) is -2.64. The third-order valence-corrected chi connectivity index (χ3v) is 6.06. The largest absolute Gasteiger partial charge is 0.486 e. The van der Waals surface area contributed by atoms with E-state index in [1.54, 1.807) is 0 Å². The SMILES string of the molecule is O[C@H](CN(Cc1ccccc1)C[C@H](O)[C@H]1COc2ccccc2O1)[C@@H]1COc2ccccc2O1. The first-order valence-electron chi connectivity index (χ1n) is 11.5. The molecule has 178 valence electrons. The van der Waals surface area contributed by atoms with Crippen LogP contribution in [0.2, 0.25) is 0 Å². The first kappa shape index (κ1) is 22.5. The molecule has 5 rings (SSSR count). The number of nitrogens with zero attached hydrogens (tertiary/aromatic N) is 1. The van der Waals surface area contributed by atoms with Gasteiger partial charge in [-0.25, -0.2) is 0 Å². The van der Waals surface area contributed by atoms with Gasteiger partial charge in [0.25, 0.3) is 0 Å². The van der Waals surface area contributed by atoms with Crippen molar-refractivity contribution < 1.29 is 29.2 Å². The van der Waals surface area contributed by atoms with Crippen LogP contribution in [0.1, 0.15) is 5.56 Å². The van der Waals surface area contributed by atoms with Gasteiger partial charge in [0.1, 0.15) is 25.4 Å². The molecule has 2 N–H and O–H groups in total. The summed E-state index contributed by atoms with van der Waals surface area (Å²) in [5.41, 5.74) is 1.08. The monoisotopic (exact) mass is 463 g/mol. The van der Waals surface area contributed by atoms with Crippen LogP contribution in [0.4, 0.5) is 0 Å². The number of fused-ring (bicyclic) bond motifs is 2. The molecule has 3 aromatic carbocycles. The zero-order valence-electron chi connectivity index (χ0n) is 18.8. The molecule has 0 radical (unpaired) electrons. The Bertz CT molecular complexity index is 1010. The summed E-state index contributed by atoms with van der Waals surface area (Å²) in [7, 11) is 0. The summed E-state index contributed by atoms with van der Waals surface area (Å²) in [6.45, 7) is 1.68. The second-order valence-corrected chi connectivity index (χ2v) is 8.64. The third kappa shape index (κ3) is 5.28. The smallest absolute Gasteiger partial charge is 0.161 e. The average molecular weight is 464 g/mol. The highest BCUT2D eigenvalue weighted by Gasteiger charge is 2.32. The van der Waals surface area contributed by atoms with Crippen molar-refractivity contribution in [2.24, 2.45) is 0 Å². The fourth-order valence-electron chi connectivity index (χ4n) is 4.26. The lowest BCUT2D eigenvalue weighted by Crippen LogP contribution is -2.50. The molecule has 2 aliphatic rings. The number of hydrogen-bond acceptors (Lipinski definition) is 7. The number of hydrogen-bond donors (Lipinski definition) is 2. The number of rotatable bonds is 8. The van der Waals surface area contributed by atoms with Crippen molar-refractivity contribution >= 4 is 0 Å². The highest BCUT2D eigenvalue weighted by Crippen LogP contribution is 2.33. The van der Waals surface area contributed by atoms with Gasteiger partial charge >= 0.3 is 0 Å². The van der Waals surface area contributed by atoms with E-state index in [1.165, 1.54) is 0 Å². The van der Waals surface area contributed by atoms with Gasteiger partial charge < -0.3 is 29.2 Å². The molecule has 0 aromatic heterocycles. The van der Waals surface area contributed by atoms with Gasteiger partial charge in [-0.2, -0.15) is 0 Å². The van der Waals surface area contributed by atoms with Gasteiger partial charge in [-0.3, -0.25) is 4.90 Å². The molecule has 3 aromatic rings. The van der Waals surface area contributed by atoms with Gasteiger partial charge in [-0.1, -0.05) is 54.6 Å². The van der Waals surface area contributed by atoms with Crippen LogP contribution >= 0.6 is 0 Å². The second-order valence-electron chi connectivity index (χ2n) is 8.64. The first-order valence-corrected chi connectivity index (χ1v) is 11.5. The zero-order valence-corrected chi connectivity index (χ0v) is 18.8. The molecule has 0 fully saturated rings. The minimum atomic E-state index is -0.812. The topological polar surface area (TPSA) is 80.6 Å². The maximum atomic E-state index is 11.0.